The van der Waals surface area contributed by atoms with E-state index in [1.54, 1.807) is 24.1 Å². The lowest BCUT2D eigenvalue weighted by Gasteiger charge is -2.19. The molecular weight excluding hydrogens is 425 g/mol. The van der Waals surface area contributed by atoms with Crippen LogP contribution in [0.3, 0.4) is 0 Å². The molecule has 1 aliphatic rings. The lowest BCUT2D eigenvalue weighted by molar-refractivity contribution is -0.141. The van der Waals surface area contributed by atoms with E-state index in [1.807, 2.05) is 12.1 Å². The van der Waals surface area contributed by atoms with Gasteiger partial charge in [-0.3, -0.25) is 14.5 Å². The van der Waals surface area contributed by atoms with Crippen LogP contribution >= 0.6 is 0 Å². The van der Waals surface area contributed by atoms with Crippen molar-refractivity contribution in [1.29, 1.82) is 0 Å². The summed E-state index contributed by atoms with van der Waals surface area (Å²) >= 11 is 0. The van der Waals surface area contributed by atoms with Gasteiger partial charge < -0.3 is 14.4 Å². The highest BCUT2D eigenvalue weighted by Crippen LogP contribution is 2.26. The van der Waals surface area contributed by atoms with Gasteiger partial charge in [0.25, 0.3) is 5.91 Å². The van der Waals surface area contributed by atoms with Crippen LogP contribution in [0, 0.1) is 0 Å². The Morgan fingerprint density at radius 3 is 2.84 bits per heavy atom. The number of hydrogen-bond acceptors (Lipinski definition) is 5. The Labute approximate surface area is 182 Å². The van der Waals surface area contributed by atoms with Crippen LogP contribution in [-0.2, 0) is 17.7 Å². The number of amides is 1. The molecule has 3 aromatic rings. The fraction of sp³-hybridized carbons (Fsp3) is 0.409. The molecule has 3 heterocycles. The number of carbonyl (C=O) groups is 1. The highest BCUT2D eigenvalue weighted by atomic mass is 19.4. The quantitative estimate of drug-likeness (QED) is 0.598. The van der Waals surface area contributed by atoms with E-state index in [0.29, 0.717) is 56.0 Å². The van der Waals surface area contributed by atoms with Crippen molar-refractivity contribution in [3.8, 4) is 5.75 Å². The number of hydrogen-bond donors (Lipinski definition) is 0. The van der Waals surface area contributed by atoms with Crippen LogP contribution < -0.4 is 4.74 Å². The monoisotopic (exact) mass is 448 g/mol. The summed E-state index contributed by atoms with van der Waals surface area (Å²) in [5, 5.41) is 4.70. The minimum Gasteiger partial charge on any atom is -0.497 e. The van der Waals surface area contributed by atoms with Crippen molar-refractivity contribution in [2.75, 3.05) is 33.4 Å². The first-order chi connectivity index (χ1) is 15.3. The van der Waals surface area contributed by atoms with Gasteiger partial charge in [-0.05, 0) is 30.2 Å². The fourth-order valence-corrected chi connectivity index (χ4v) is 3.76. The Balaban J connectivity index is 1.71. The van der Waals surface area contributed by atoms with Crippen molar-refractivity contribution in [1.82, 2.24) is 19.7 Å². The number of halogens is 3. The van der Waals surface area contributed by atoms with E-state index in [1.165, 1.54) is 12.3 Å². The molecule has 2 aromatic heterocycles. The maximum absolute atomic E-state index is 13.2. The van der Waals surface area contributed by atoms with Crippen LogP contribution in [-0.4, -0.2) is 65.2 Å². The average molecular weight is 448 g/mol. The van der Waals surface area contributed by atoms with Crippen LogP contribution in [0.15, 0.2) is 36.5 Å². The third-order valence-corrected chi connectivity index (χ3v) is 5.28. The molecule has 0 aliphatic carbocycles. The van der Waals surface area contributed by atoms with Crippen molar-refractivity contribution in [2.45, 2.75) is 25.6 Å². The van der Waals surface area contributed by atoms with Gasteiger partial charge in [-0.15, -0.1) is 0 Å². The molecule has 0 radical (unpaired) electrons. The summed E-state index contributed by atoms with van der Waals surface area (Å²) in [6.45, 7) is 0.673. The number of alkyl halides is 3. The number of nitrogens with zero attached hydrogens (tertiary/aromatic N) is 4. The summed E-state index contributed by atoms with van der Waals surface area (Å²) in [5.74, 6) is 0.320. The fourth-order valence-electron chi connectivity index (χ4n) is 3.76. The van der Waals surface area contributed by atoms with Gasteiger partial charge in [-0.1, -0.05) is 12.1 Å². The van der Waals surface area contributed by atoms with E-state index < -0.39 is 12.7 Å². The van der Waals surface area contributed by atoms with Gasteiger partial charge in [0.15, 0.2) is 0 Å². The molecule has 1 fully saturated rings. The lowest BCUT2D eigenvalue weighted by Crippen LogP contribution is -2.33. The molecule has 32 heavy (non-hydrogen) atoms. The Morgan fingerprint density at radius 1 is 1.22 bits per heavy atom. The lowest BCUT2D eigenvalue weighted by atomic mass is 10.1. The van der Waals surface area contributed by atoms with Crippen LogP contribution in [0.1, 0.15) is 28.2 Å². The summed E-state index contributed by atoms with van der Waals surface area (Å²) in [7, 11) is 1.55. The van der Waals surface area contributed by atoms with Gasteiger partial charge in [-0.25, -0.2) is 0 Å². The van der Waals surface area contributed by atoms with Crippen molar-refractivity contribution >= 4 is 16.8 Å². The highest BCUT2D eigenvalue weighted by molar-refractivity contribution is 5.96. The minimum atomic E-state index is -4.46. The van der Waals surface area contributed by atoms with E-state index in [0.717, 1.165) is 10.2 Å². The topological polar surface area (TPSA) is 69.5 Å². The summed E-state index contributed by atoms with van der Waals surface area (Å²) in [6, 6.07) is 8.66. The third kappa shape index (κ3) is 5.01. The largest absolute Gasteiger partial charge is 0.497 e. The molecule has 0 atom stereocenters. The van der Waals surface area contributed by atoms with E-state index in [-0.39, 0.29) is 17.1 Å². The SMILES string of the molecule is COc1cccc(Cc2nn(CC(F)(F)F)c3cc(C(=O)N4CCCOCC4)ncc23)c1. The first kappa shape index (κ1) is 22.1. The second-order valence-electron chi connectivity index (χ2n) is 7.59. The first-order valence-corrected chi connectivity index (χ1v) is 10.3. The Morgan fingerprint density at radius 2 is 2.06 bits per heavy atom. The molecule has 0 spiro atoms. The normalized spacial score (nSPS) is 15.1. The van der Waals surface area contributed by atoms with E-state index in [4.69, 9.17) is 9.47 Å². The molecule has 10 heteroatoms. The zero-order valence-corrected chi connectivity index (χ0v) is 17.6. The number of ether oxygens (including phenoxy) is 2. The predicted molar refractivity (Wildman–Crippen MR) is 111 cm³/mol. The second kappa shape index (κ2) is 9.15. The van der Waals surface area contributed by atoms with Crippen molar-refractivity contribution in [3.05, 3.63) is 53.5 Å². The molecular formula is C22H23F3N4O3. The number of carbonyl (C=O) groups excluding carboxylic acids is 1. The summed E-state index contributed by atoms with van der Waals surface area (Å²) in [6.07, 6.45) is -2.02. The molecule has 1 aliphatic heterocycles. The maximum Gasteiger partial charge on any atom is 0.408 e. The molecule has 1 amide bonds. The smallest absolute Gasteiger partial charge is 0.408 e. The van der Waals surface area contributed by atoms with Crippen LogP contribution in [0.2, 0.25) is 0 Å². The first-order valence-electron chi connectivity index (χ1n) is 10.3. The standard InChI is InChI=1S/C22H23F3N4O3/c1-31-16-5-2-4-15(10-16)11-18-17-13-26-19(21(30)28-6-3-8-32-9-7-28)12-20(17)29(27-18)14-22(23,24)25/h2,4-5,10,12-13H,3,6-9,11,14H2,1H3. The average Bonchev–Trinajstić information content (AvgIpc) is 2.94. The molecule has 7 nitrogen and oxygen atoms in total. The van der Waals surface area contributed by atoms with Gasteiger partial charge >= 0.3 is 6.18 Å². The Bertz CT molecular complexity index is 1110. The summed E-state index contributed by atoms with van der Waals surface area (Å²) < 4.78 is 51.1. The zero-order chi connectivity index (χ0) is 22.7. The molecule has 4 rings (SSSR count). The van der Waals surface area contributed by atoms with E-state index >= 15 is 0 Å². The molecule has 0 saturated carbocycles. The molecule has 0 N–H and O–H groups in total. The Kier molecular flexibility index (Phi) is 6.31. The molecule has 170 valence electrons. The molecule has 1 aromatic carbocycles. The van der Waals surface area contributed by atoms with E-state index in [9.17, 15) is 18.0 Å². The van der Waals surface area contributed by atoms with Crippen molar-refractivity contribution in [2.24, 2.45) is 0 Å². The second-order valence-corrected chi connectivity index (χ2v) is 7.59. The van der Waals surface area contributed by atoms with Gasteiger partial charge in [0.2, 0.25) is 0 Å². The van der Waals surface area contributed by atoms with Gasteiger partial charge in [-0.2, -0.15) is 18.3 Å². The number of pyridine rings is 1. The van der Waals surface area contributed by atoms with Crippen molar-refractivity contribution < 1.29 is 27.4 Å². The van der Waals surface area contributed by atoms with Gasteiger partial charge in [0.1, 0.15) is 18.0 Å². The van der Waals surface area contributed by atoms with Gasteiger partial charge in [0.05, 0.1) is 24.9 Å². The number of rotatable bonds is 5. The van der Waals surface area contributed by atoms with E-state index in [2.05, 4.69) is 10.1 Å². The van der Waals surface area contributed by atoms with Crippen molar-refractivity contribution in [3.63, 3.8) is 0 Å². The minimum absolute atomic E-state index is 0.0932. The zero-order valence-electron chi connectivity index (χ0n) is 17.6. The number of methoxy groups -OCH3 is 1. The molecule has 0 bridgehead atoms. The van der Waals surface area contributed by atoms with Crippen LogP contribution in [0.4, 0.5) is 13.2 Å². The predicted octanol–water partition coefficient (Wildman–Crippen LogP) is 3.46. The number of benzene rings is 1. The molecule has 0 unspecified atom stereocenters. The van der Waals surface area contributed by atoms with Crippen LogP contribution in [0.25, 0.3) is 10.9 Å². The summed E-state index contributed by atoms with van der Waals surface area (Å²) in [4.78, 5) is 18.8. The number of aromatic nitrogens is 3. The maximum atomic E-state index is 13.2. The highest BCUT2D eigenvalue weighted by Gasteiger charge is 2.30. The third-order valence-electron chi connectivity index (χ3n) is 5.28. The Hall–Kier alpha value is -3.14. The van der Waals surface area contributed by atoms with Crippen LogP contribution in [0.5, 0.6) is 5.75 Å². The molecule has 1 saturated heterocycles. The number of fused-ring (bicyclic) bond motifs is 1. The van der Waals surface area contributed by atoms with Gasteiger partial charge in [0, 0.05) is 37.7 Å². The summed E-state index contributed by atoms with van der Waals surface area (Å²) in [5.41, 5.74) is 1.61.